The van der Waals surface area contributed by atoms with Crippen molar-refractivity contribution >= 4 is 29.0 Å². The van der Waals surface area contributed by atoms with Gasteiger partial charge in [0.2, 0.25) is 5.91 Å². The molecular formula is C15H25N3OS. The van der Waals surface area contributed by atoms with Crippen LogP contribution in [-0.2, 0) is 4.79 Å². The summed E-state index contributed by atoms with van der Waals surface area (Å²) < 4.78 is 0. The first-order valence-electron chi connectivity index (χ1n) is 7.02. The first-order chi connectivity index (χ1) is 9.62. The Labute approximate surface area is 126 Å². The number of thioether (sulfide) groups is 1. The minimum Gasteiger partial charge on any atom is -0.372 e. The van der Waals surface area contributed by atoms with Crippen LogP contribution in [0.25, 0.3) is 0 Å². The highest BCUT2D eigenvalue weighted by atomic mass is 32.2. The molecular weight excluding hydrogens is 270 g/mol. The average molecular weight is 295 g/mol. The molecule has 0 fully saturated rings. The summed E-state index contributed by atoms with van der Waals surface area (Å²) in [6.45, 7) is 6.21. The van der Waals surface area contributed by atoms with Crippen molar-refractivity contribution < 1.29 is 4.79 Å². The summed E-state index contributed by atoms with van der Waals surface area (Å²) >= 11 is 1.70. The third kappa shape index (κ3) is 5.06. The molecule has 0 aliphatic rings. The van der Waals surface area contributed by atoms with Crippen molar-refractivity contribution in [3.63, 3.8) is 0 Å². The molecule has 20 heavy (non-hydrogen) atoms. The quantitative estimate of drug-likeness (QED) is 0.774. The molecule has 1 rings (SSSR count). The van der Waals surface area contributed by atoms with Crippen LogP contribution in [0.2, 0.25) is 0 Å². The molecule has 5 heteroatoms. The van der Waals surface area contributed by atoms with Gasteiger partial charge in [-0.2, -0.15) is 11.8 Å². The van der Waals surface area contributed by atoms with E-state index >= 15 is 0 Å². The van der Waals surface area contributed by atoms with E-state index in [2.05, 4.69) is 24.1 Å². The largest absolute Gasteiger partial charge is 0.372 e. The third-order valence-corrected chi connectivity index (χ3v) is 3.88. The van der Waals surface area contributed by atoms with Crippen molar-refractivity contribution in [3.8, 4) is 0 Å². The number of carbonyl (C=O) groups excluding carboxylic acids is 1. The second-order valence-electron chi connectivity index (χ2n) is 4.60. The third-order valence-electron chi connectivity index (χ3n) is 3.23. The van der Waals surface area contributed by atoms with Crippen molar-refractivity contribution in [2.45, 2.75) is 26.3 Å². The van der Waals surface area contributed by atoms with Gasteiger partial charge in [-0.1, -0.05) is 0 Å². The van der Waals surface area contributed by atoms with Gasteiger partial charge in [0, 0.05) is 24.5 Å². The van der Waals surface area contributed by atoms with Crippen LogP contribution in [0, 0.1) is 0 Å². The number of benzene rings is 1. The summed E-state index contributed by atoms with van der Waals surface area (Å²) in [5.74, 6) is 0.782. The van der Waals surface area contributed by atoms with Gasteiger partial charge in [-0.15, -0.1) is 0 Å². The van der Waals surface area contributed by atoms with Crippen molar-refractivity contribution in [1.82, 2.24) is 0 Å². The first-order valence-corrected chi connectivity index (χ1v) is 8.42. The monoisotopic (exact) mass is 295 g/mol. The van der Waals surface area contributed by atoms with Gasteiger partial charge in [-0.3, -0.25) is 4.79 Å². The molecule has 1 aromatic carbocycles. The first kappa shape index (κ1) is 16.9. The molecule has 0 aliphatic heterocycles. The Kier molecular flexibility index (Phi) is 7.47. The molecule has 0 spiro atoms. The van der Waals surface area contributed by atoms with Crippen LogP contribution >= 0.6 is 11.8 Å². The highest BCUT2D eigenvalue weighted by Gasteiger charge is 2.13. The summed E-state index contributed by atoms with van der Waals surface area (Å²) in [4.78, 5) is 14.2. The molecule has 1 atom stereocenters. The van der Waals surface area contributed by atoms with Crippen LogP contribution in [0.1, 0.15) is 20.3 Å². The number of carbonyl (C=O) groups is 1. The van der Waals surface area contributed by atoms with Crippen LogP contribution in [0.4, 0.5) is 11.4 Å². The fraction of sp³-hybridized carbons (Fsp3) is 0.533. The highest BCUT2D eigenvalue weighted by molar-refractivity contribution is 7.98. The number of hydrogen-bond donors (Lipinski definition) is 2. The molecule has 0 saturated heterocycles. The number of hydrogen-bond acceptors (Lipinski definition) is 4. The zero-order valence-corrected chi connectivity index (χ0v) is 13.4. The lowest BCUT2D eigenvalue weighted by molar-refractivity contribution is -0.117. The van der Waals surface area contributed by atoms with E-state index in [-0.39, 0.29) is 5.91 Å². The number of nitrogens with one attached hydrogen (secondary N) is 1. The molecule has 0 radical (unpaired) electrons. The lowest BCUT2D eigenvalue weighted by atomic mass is 10.2. The molecule has 3 N–H and O–H groups in total. The molecule has 1 aromatic rings. The van der Waals surface area contributed by atoms with Gasteiger partial charge < -0.3 is 16.0 Å². The van der Waals surface area contributed by atoms with Crippen molar-refractivity contribution in [3.05, 3.63) is 24.3 Å². The Morgan fingerprint density at radius 1 is 1.30 bits per heavy atom. The zero-order valence-electron chi connectivity index (χ0n) is 12.6. The van der Waals surface area contributed by atoms with Gasteiger partial charge in [-0.25, -0.2) is 0 Å². The molecule has 4 nitrogen and oxygen atoms in total. The van der Waals surface area contributed by atoms with Crippen LogP contribution in [0.3, 0.4) is 0 Å². The van der Waals surface area contributed by atoms with Crippen molar-refractivity contribution in [2.75, 3.05) is 35.3 Å². The fourth-order valence-corrected chi connectivity index (χ4v) is 2.44. The molecule has 0 heterocycles. The number of nitrogens with two attached hydrogens (primary N) is 1. The predicted molar refractivity (Wildman–Crippen MR) is 89.6 cm³/mol. The molecule has 0 aromatic heterocycles. The normalized spacial score (nSPS) is 12.0. The molecule has 0 unspecified atom stereocenters. The number of rotatable bonds is 8. The smallest absolute Gasteiger partial charge is 0.241 e. The van der Waals surface area contributed by atoms with Crippen molar-refractivity contribution in [2.24, 2.45) is 5.73 Å². The second kappa shape index (κ2) is 8.87. The van der Waals surface area contributed by atoms with E-state index in [1.807, 2.05) is 30.5 Å². The standard InChI is InChI=1S/C15H25N3OS/c1-4-18(5-2)13-8-6-12(7-9-13)17-15(19)14(16)10-11-20-3/h6-9,14H,4-5,10-11,16H2,1-3H3,(H,17,19)/t14-/m1/s1. The highest BCUT2D eigenvalue weighted by Crippen LogP contribution is 2.17. The lowest BCUT2D eigenvalue weighted by Crippen LogP contribution is -2.36. The van der Waals surface area contributed by atoms with E-state index in [0.29, 0.717) is 6.42 Å². The lowest BCUT2D eigenvalue weighted by Gasteiger charge is -2.21. The molecule has 0 saturated carbocycles. The van der Waals surface area contributed by atoms with E-state index < -0.39 is 6.04 Å². The predicted octanol–water partition coefficient (Wildman–Crippen LogP) is 2.55. The van der Waals surface area contributed by atoms with E-state index in [9.17, 15) is 4.79 Å². The summed E-state index contributed by atoms with van der Waals surface area (Å²) in [5.41, 5.74) is 7.80. The molecule has 112 valence electrons. The Hall–Kier alpha value is -1.20. The van der Waals surface area contributed by atoms with Crippen LogP contribution in [0.15, 0.2) is 24.3 Å². The van der Waals surface area contributed by atoms with Gasteiger partial charge in [0.1, 0.15) is 0 Å². The van der Waals surface area contributed by atoms with Crippen LogP contribution < -0.4 is 16.0 Å². The van der Waals surface area contributed by atoms with E-state index in [1.54, 1.807) is 11.8 Å². The Morgan fingerprint density at radius 2 is 1.90 bits per heavy atom. The van der Waals surface area contributed by atoms with E-state index in [1.165, 1.54) is 5.69 Å². The maximum atomic E-state index is 11.9. The molecule has 1 amide bonds. The Balaban J connectivity index is 2.58. The van der Waals surface area contributed by atoms with Crippen LogP contribution in [-0.4, -0.2) is 37.0 Å². The second-order valence-corrected chi connectivity index (χ2v) is 5.58. The maximum absolute atomic E-state index is 11.9. The molecule has 0 bridgehead atoms. The van der Waals surface area contributed by atoms with Crippen molar-refractivity contribution in [1.29, 1.82) is 0 Å². The van der Waals surface area contributed by atoms with Gasteiger partial charge in [0.25, 0.3) is 0 Å². The SMILES string of the molecule is CCN(CC)c1ccc(NC(=O)[C@H](N)CCSC)cc1. The van der Waals surface area contributed by atoms with Gasteiger partial charge in [0.15, 0.2) is 0 Å². The summed E-state index contributed by atoms with van der Waals surface area (Å²) in [6, 6.07) is 7.45. The summed E-state index contributed by atoms with van der Waals surface area (Å²) in [6.07, 6.45) is 2.71. The average Bonchev–Trinajstić information content (AvgIpc) is 2.47. The summed E-state index contributed by atoms with van der Waals surface area (Å²) in [5, 5.41) is 2.86. The number of nitrogens with zero attached hydrogens (tertiary/aromatic N) is 1. The van der Waals surface area contributed by atoms with E-state index in [4.69, 9.17) is 5.73 Å². The minimum atomic E-state index is -0.440. The minimum absolute atomic E-state index is 0.116. The topological polar surface area (TPSA) is 58.4 Å². The maximum Gasteiger partial charge on any atom is 0.241 e. The van der Waals surface area contributed by atoms with Gasteiger partial charge >= 0.3 is 0 Å². The zero-order chi connectivity index (χ0) is 15.0. The number of anilines is 2. The molecule has 0 aliphatic carbocycles. The fourth-order valence-electron chi connectivity index (χ4n) is 1.96. The van der Waals surface area contributed by atoms with Gasteiger partial charge in [0.05, 0.1) is 6.04 Å². The summed E-state index contributed by atoms with van der Waals surface area (Å²) in [7, 11) is 0. The van der Waals surface area contributed by atoms with Crippen LogP contribution in [0.5, 0.6) is 0 Å². The number of amides is 1. The Bertz CT molecular complexity index is 404. The Morgan fingerprint density at radius 3 is 2.40 bits per heavy atom. The van der Waals surface area contributed by atoms with Gasteiger partial charge in [-0.05, 0) is 56.5 Å². The van der Waals surface area contributed by atoms with E-state index in [0.717, 1.165) is 24.5 Å².